The Bertz CT molecular complexity index is 979. The lowest BCUT2D eigenvalue weighted by Gasteiger charge is -2.41. The van der Waals surface area contributed by atoms with Crippen LogP contribution in [0.2, 0.25) is 10.0 Å². The van der Waals surface area contributed by atoms with E-state index in [-0.39, 0.29) is 28.9 Å². The van der Waals surface area contributed by atoms with Crippen LogP contribution in [0.4, 0.5) is 23.7 Å². The Hall–Kier alpha value is -2.45. The number of benzene rings is 2. The molecule has 0 saturated carbocycles. The molecule has 1 heterocycles. The monoisotopic (exact) mass is 488 g/mol. The van der Waals surface area contributed by atoms with Gasteiger partial charge in [0, 0.05) is 34.4 Å². The van der Waals surface area contributed by atoms with E-state index < -0.39 is 29.2 Å². The standard InChI is InChI=1S/C22H21Cl2F3N2O3/c1-2-32-19(30)21(18-16(23)5-3-6-17(18)24)11-4-12-29(13-21)20(31)28-15-9-7-14(8-10-15)22(25,26)27/h3,5-10H,2,4,11-13H2,1H3,(H,28,31). The van der Waals surface area contributed by atoms with Gasteiger partial charge in [0.15, 0.2) is 0 Å². The second-order valence-electron chi connectivity index (χ2n) is 7.43. The van der Waals surface area contributed by atoms with E-state index in [1.165, 1.54) is 17.0 Å². The van der Waals surface area contributed by atoms with Crippen LogP contribution in [0, 0.1) is 0 Å². The average Bonchev–Trinajstić information content (AvgIpc) is 2.73. The molecule has 172 valence electrons. The van der Waals surface area contributed by atoms with Gasteiger partial charge in [-0.2, -0.15) is 13.2 Å². The number of carbonyl (C=O) groups excluding carboxylic acids is 2. The van der Waals surface area contributed by atoms with Crippen molar-refractivity contribution in [2.45, 2.75) is 31.4 Å². The summed E-state index contributed by atoms with van der Waals surface area (Å²) in [5.74, 6) is -0.540. The topological polar surface area (TPSA) is 58.6 Å². The van der Waals surface area contributed by atoms with Crippen molar-refractivity contribution in [2.75, 3.05) is 25.0 Å². The zero-order valence-electron chi connectivity index (χ0n) is 17.1. The highest BCUT2D eigenvalue weighted by Crippen LogP contribution is 2.43. The van der Waals surface area contributed by atoms with Gasteiger partial charge >= 0.3 is 18.2 Å². The quantitative estimate of drug-likeness (QED) is 0.525. The summed E-state index contributed by atoms with van der Waals surface area (Å²) >= 11 is 12.8. The second kappa shape index (κ2) is 9.58. The van der Waals surface area contributed by atoms with Crippen molar-refractivity contribution in [1.29, 1.82) is 0 Å². The van der Waals surface area contributed by atoms with E-state index in [2.05, 4.69) is 5.32 Å². The Morgan fingerprint density at radius 1 is 1.12 bits per heavy atom. The van der Waals surface area contributed by atoms with E-state index in [9.17, 15) is 22.8 Å². The maximum absolute atomic E-state index is 13.1. The van der Waals surface area contributed by atoms with Crippen LogP contribution in [-0.4, -0.2) is 36.6 Å². The minimum atomic E-state index is -4.47. The third-order valence-electron chi connectivity index (χ3n) is 5.35. The van der Waals surface area contributed by atoms with Crippen LogP contribution in [0.25, 0.3) is 0 Å². The normalized spacial score (nSPS) is 18.9. The molecule has 1 atom stereocenters. The summed E-state index contributed by atoms with van der Waals surface area (Å²) in [6, 6.07) is 8.46. The third kappa shape index (κ3) is 4.96. The van der Waals surface area contributed by atoms with Crippen molar-refractivity contribution in [3.8, 4) is 0 Å². The lowest BCUT2D eigenvalue weighted by Crippen LogP contribution is -2.54. The molecule has 0 radical (unpaired) electrons. The maximum atomic E-state index is 13.1. The Kier molecular flexibility index (Phi) is 7.25. The number of ether oxygens (including phenoxy) is 1. The molecular formula is C22H21Cl2F3N2O3. The highest BCUT2D eigenvalue weighted by atomic mass is 35.5. The van der Waals surface area contributed by atoms with Crippen molar-refractivity contribution in [3.05, 3.63) is 63.6 Å². The Labute approximate surface area is 193 Å². The molecule has 10 heteroatoms. The Morgan fingerprint density at radius 3 is 2.31 bits per heavy atom. The number of urea groups is 1. The van der Waals surface area contributed by atoms with Gasteiger partial charge in [-0.3, -0.25) is 4.79 Å². The van der Waals surface area contributed by atoms with Crippen LogP contribution < -0.4 is 5.32 Å². The van der Waals surface area contributed by atoms with Gasteiger partial charge in [0.25, 0.3) is 0 Å². The number of nitrogens with zero attached hydrogens (tertiary/aromatic N) is 1. The number of likely N-dealkylation sites (tertiary alicyclic amines) is 1. The van der Waals surface area contributed by atoms with Gasteiger partial charge in [-0.25, -0.2) is 4.79 Å². The summed E-state index contributed by atoms with van der Waals surface area (Å²) in [5, 5.41) is 3.16. The molecule has 1 unspecified atom stereocenters. The second-order valence-corrected chi connectivity index (χ2v) is 8.24. The van der Waals surface area contributed by atoms with E-state index in [1.54, 1.807) is 25.1 Å². The fraction of sp³-hybridized carbons (Fsp3) is 0.364. The smallest absolute Gasteiger partial charge is 0.416 e. The zero-order valence-corrected chi connectivity index (χ0v) is 18.7. The van der Waals surface area contributed by atoms with Gasteiger partial charge in [0.1, 0.15) is 5.41 Å². The first-order chi connectivity index (χ1) is 15.1. The van der Waals surface area contributed by atoms with Gasteiger partial charge in [-0.15, -0.1) is 0 Å². The molecule has 0 bridgehead atoms. The molecule has 1 aliphatic rings. The van der Waals surface area contributed by atoms with E-state index in [1.807, 2.05) is 0 Å². The van der Waals surface area contributed by atoms with Crippen LogP contribution in [0.1, 0.15) is 30.9 Å². The lowest BCUT2D eigenvalue weighted by molar-refractivity contribution is -0.152. The molecule has 1 saturated heterocycles. The van der Waals surface area contributed by atoms with Gasteiger partial charge in [-0.1, -0.05) is 29.3 Å². The molecule has 1 fully saturated rings. The van der Waals surface area contributed by atoms with Gasteiger partial charge in [0.05, 0.1) is 12.2 Å². The molecule has 2 aromatic carbocycles. The fourth-order valence-electron chi connectivity index (χ4n) is 3.87. The molecule has 2 amide bonds. The molecule has 0 spiro atoms. The first kappa shape index (κ1) is 24.2. The highest BCUT2D eigenvalue weighted by molar-refractivity contribution is 6.36. The summed E-state index contributed by atoms with van der Waals surface area (Å²) in [5.41, 5.74) is -1.48. The fourth-order valence-corrected chi connectivity index (χ4v) is 4.63. The average molecular weight is 489 g/mol. The molecule has 0 aromatic heterocycles. The van der Waals surface area contributed by atoms with Crippen LogP contribution in [0.5, 0.6) is 0 Å². The van der Waals surface area contributed by atoms with Crippen molar-refractivity contribution in [3.63, 3.8) is 0 Å². The minimum absolute atomic E-state index is 0.0399. The number of piperidine rings is 1. The van der Waals surface area contributed by atoms with Crippen LogP contribution in [0.15, 0.2) is 42.5 Å². The Balaban J connectivity index is 1.87. The number of hydrogen-bond acceptors (Lipinski definition) is 3. The summed E-state index contributed by atoms with van der Waals surface area (Å²) in [6.07, 6.45) is -3.62. The van der Waals surface area contributed by atoms with E-state index in [4.69, 9.17) is 27.9 Å². The predicted octanol–water partition coefficient (Wildman–Crippen LogP) is 6.14. The van der Waals surface area contributed by atoms with Crippen LogP contribution in [0.3, 0.4) is 0 Å². The largest absolute Gasteiger partial charge is 0.465 e. The van der Waals surface area contributed by atoms with Crippen molar-refractivity contribution in [2.24, 2.45) is 0 Å². The lowest BCUT2D eigenvalue weighted by atomic mass is 9.74. The van der Waals surface area contributed by atoms with Gasteiger partial charge in [-0.05, 0) is 56.2 Å². The van der Waals surface area contributed by atoms with E-state index in [0.29, 0.717) is 24.9 Å². The number of anilines is 1. The highest BCUT2D eigenvalue weighted by Gasteiger charge is 2.48. The number of rotatable bonds is 4. The van der Waals surface area contributed by atoms with E-state index >= 15 is 0 Å². The molecule has 5 nitrogen and oxygen atoms in total. The SMILES string of the molecule is CCOC(=O)C1(c2c(Cl)cccc2Cl)CCCN(C(=O)Nc2ccc(C(F)(F)F)cc2)C1. The first-order valence-electron chi connectivity index (χ1n) is 9.93. The molecule has 1 aliphatic heterocycles. The number of alkyl halides is 3. The molecular weight excluding hydrogens is 468 g/mol. The van der Waals surface area contributed by atoms with Crippen molar-refractivity contribution >= 4 is 40.9 Å². The molecule has 2 aromatic rings. The van der Waals surface area contributed by atoms with Gasteiger partial charge in [0.2, 0.25) is 0 Å². The number of hydrogen-bond donors (Lipinski definition) is 1. The zero-order chi connectivity index (χ0) is 23.5. The number of nitrogens with one attached hydrogen (secondary N) is 1. The number of carbonyl (C=O) groups is 2. The third-order valence-corrected chi connectivity index (χ3v) is 5.98. The maximum Gasteiger partial charge on any atom is 0.416 e. The molecule has 0 aliphatic carbocycles. The van der Waals surface area contributed by atoms with Crippen molar-refractivity contribution < 1.29 is 27.5 Å². The first-order valence-corrected chi connectivity index (χ1v) is 10.7. The molecule has 32 heavy (non-hydrogen) atoms. The van der Waals surface area contributed by atoms with Gasteiger partial charge < -0.3 is 15.0 Å². The van der Waals surface area contributed by atoms with Crippen LogP contribution in [-0.2, 0) is 21.1 Å². The number of halogens is 5. The summed E-state index contributed by atoms with van der Waals surface area (Å²) < 4.78 is 43.6. The van der Waals surface area contributed by atoms with Crippen LogP contribution >= 0.6 is 23.2 Å². The number of amides is 2. The summed E-state index contributed by atoms with van der Waals surface area (Å²) in [6.45, 7) is 2.12. The summed E-state index contributed by atoms with van der Waals surface area (Å²) in [4.78, 5) is 27.4. The van der Waals surface area contributed by atoms with E-state index in [0.717, 1.165) is 12.1 Å². The molecule has 3 rings (SSSR count). The minimum Gasteiger partial charge on any atom is -0.465 e. The summed E-state index contributed by atoms with van der Waals surface area (Å²) in [7, 11) is 0. The Morgan fingerprint density at radius 2 is 1.75 bits per heavy atom. The van der Waals surface area contributed by atoms with Crippen molar-refractivity contribution in [1.82, 2.24) is 4.90 Å². The predicted molar refractivity (Wildman–Crippen MR) is 116 cm³/mol. The molecule has 1 N–H and O–H groups in total. The number of esters is 1.